The van der Waals surface area contributed by atoms with Crippen molar-refractivity contribution in [2.45, 2.75) is 19.8 Å². The highest BCUT2D eigenvalue weighted by molar-refractivity contribution is 7.80. The number of rotatable bonds is 4. The van der Waals surface area contributed by atoms with Crippen LogP contribution in [0.2, 0.25) is 0 Å². The fraction of sp³-hybridized carbons (Fsp3) is 0.583. The Balaban J connectivity index is 2.16. The van der Waals surface area contributed by atoms with Crippen LogP contribution in [-0.2, 0) is 0 Å². The van der Waals surface area contributed by atoms with Gasteiger partial charge in [-0.3, -0.25) is 0 Å². The van der Waals surface area contributed by atoms with Crippen molar-refractivity contribution in [1.29, 1.82) is 0 Å². The number of nitrogens with zero attached hydrogens (tertiary/aromatic N) is 3. The SMILES string of the molecule is Cc1cc(C(N)=S)nc(N2CCC(CCO)C2)n1. The summed E-state index contributed by atoms with van der Waals surface area (Å²) in [6.45, 7) is 3.96. The van der Waals surface area contributed by atoms with E-state index < -0.39 is 0 Å². The van der Waals surface area contributed by atoms with E-state index in [1.165, 1.54) is 0 Å². The Hall–Kier alpha value is -1.27. The Labute approximate surface area is 112 Å². The minimum atomic E-state index is 0.241. The second-order valence-corrected chi connectivity index (χ2v) is 5.11. The van der Waals surface area contributed by atoms with Gasteiger partial charge in [0, 0.05) is 25.4 Å². The molecule has 1 unspecified atom stereocenters. The molecule has 0 radical (unpaired) electrons. The average Bonchev–Trinajstić information content (AvgIpc) is 2.77. The molecule has 98 valence electrons. The molecule has 0 amide bonds. The van der Waals surface area contributed by atoms with E-state index in [-0.39, 0.29) is 6.61 Å². The third kappa shape index (κ3) is 2.94. The molecule has 1 fully saturated rings. The topological polar surface area (TPSA) is 75.3 Å². The van der Waals surface area contributed by atoms with Crippen LogP contribution in [0.3, 0.4) is 0 Å². The first kappa shape index (κ1) is 13.2. The normalized spacial score (nSPS) is 19.2. The van der Waals surface area contributed by atoms with E-state index in [4.69, 9.17) is 23.1 Å². The lowest BCUT2D eigenvalue weighted by atomic mass is 10.1. The molecule has 1 aromatic heterocycles. The molecule has 6 heteroatoms. The van der Waals surface area contributed by atoms with Gasteiger partial charge in [-0.15, -0.1) is 0 Å². The maximum absolute atomic E-state index is 8.96. The van der Waals surface area contributed by atoms with Crippen molar-refractivity contribution >= 4 is 23.2 Å². The molecule has 1 atom stereocenters. The monoisotopic (exact) mass is 266 g/mol. The van der Waals surface area contributed by atoms with Gasteiger partial charge in [-0.1, -0.05) is 12.2 Å². The van der Waals surface area contributed by atoms with E-state index in [9.17, 15) is 0 Å². The molecule has 0 aliphatic carbocycles. The number of hydrogen-bond donors (Lipinski definition) is 2. The average molecular weight is 266 g/mol. The lowest BCUT2D eigenvalue weighted by molar-refractivity contribution is 0.263. The second kappa shape index (κ2) is 5.58. The van der Waals surface area contributed by atoms with Crippen LogP contribution < -0.4 is 10.6 Å². The fourth-order valence-electron chi connectivity index (χ4n) is 2.25. The van der Waals surface area contributed by atoms with Gasteiger partial charge in [-0.2, -0.15) is 0 Å². The Morgan fingerprint density at radius 3 is 3.06 bits per heavy atom. The fourth-order valence-corrected chi connectivity index (χ4v) is 2.36. The van der Waals surface area contributed by atoms with Gasteiger partial charge in [0.1, 0.15) is 10.7 Å². The first-order chi connectivity index (χ1) is 8.60. The van der Waals surface area contributed by atoms with Crippen LogP contribution >= 0.6 is 12.2 Å². The van der Waals surface area contributed by atoms with Crippen molar-refractivity contribution in [3.05, 3.63) is 17.5 Å². The summed E-state index contributed by atoms with van der Waals surface area (Å²) >= 11 is 4.96. The minimum Gasteiger partial charge on any atom is -0.396 e. The molecule has 5 nitrogen and oxygen atoms in total. The summed E-state index contributed by atoms with van der Waals surface area (Å²) in [6, 6.07) is 1.80. The molecule has 18 heavy (non-hydrogen) atoms. The highest BCUT2D eigenvalue weighted by Gasteiger charge is 2.24. The predicted molar refractivity (Wildman–Crippen MR) is 74.7 cm³/mol. The number of hydrogen-bond acceptors (Lipinski definition) is 5. The molecule has 2 rings (SSSR count). The van der Waals surface area contributed by atoms with E-state index >= 15 is 0 Å². The first-order valence-corrected chi connectivity index (χ1v) is 6.52. The molecule has 1 aliphatic rings. The van der Waals surface area contributed by atoms with Crippen LogP contribution in [0.5, 0.6) is 0 Å². The molecule has 0 bridgehead atoms. The number of aryl methyl sites for hydroxylation is 1. The Kier molecular flexibility index (Phi) is 4.08. The zero-order valence-electron chi connectivity index (χ0n) is 10.5. The summed E-state index contributed by atoms with van der Waals surface area (Å²) in [6.07, 6.45) is 1.91. The van der Waals surface area contributed by atoms with Crippen molar-refractivity contribution < 1.29 is 5.11 Å². The number of thiocarbonyl (C=S) groups is 1. The molecule has 2 heterocycles. The van der Waals surface area contributed by atoms with Gasteiger partial charge < -0.3 is 15.7 Å². The first-order valence-electron chi connectivity index (χ1n) is 6.11. The molecular weight excluding hydrogens is 248 g/mol. The summed E-state index contributed by atoms with van der Waals surface area (Å²) in [5, 5.41) is 8.96. The maximum Gasteiger partial charge on any atom is 0.226 e. The number of aromatic nitrogens is 2. The van der Waals surface area contributed by atoms with Crippen LogP contribution in [0.1, 0.15) is 24.2 Å². The zero-order valence-corrected chi connectivity index (χ0v) is 11.3. The molecule has 0 aromatic carbocycles. The molecule has 1 saturated heterocycles. The highest BCUT2D eigenvalue weighted by atomic mass is 32.1. The standard InChI is InChI=1S/C12H18N4OS/c1-8-6-10(11(13)18)15-12(14-8)16-4-2-9(7-16)3-5-17/h6,9,17H,2-5,7H2,1H3,(H2,13,18). The largest absolute Gasteiger partial charge is 0.396 e. The van der Waals surface area contributed by atoms with Crippen LogP contribution in [-0.4, -0.2) is 39.8 Å². The van der Waals surface area contributed by atoms with E-state index in [0.29, 0.717) is 22.5 Å². The molecule has 0 spiro atoms. The van der Waals surface area contributed by atoms with Gasteiger partial charge in [-0.05, 0) is 31.7 Å². The van der Waals surface area contributed by atoms with Gasteiger partial charge in [0.25, 0.3) is 0 Å². The Morgan fingerprint density at radius 2 is 2.39 bits per heavy atom. The third-order valence-corrected chi connectivity index (χ3v) is 3.41. The number of aliphatic hydroxyl groups is 1. The van der Waals surface area contributed by atoms with Crippen LogP contribution in [0, 0.1) is 12.8 Å². The molecular formula is C12H18N4OS. The van der Waals surface area contributed by atoms with E-state index in [1.807, 2.05) is 6.92 Å². The zero-order chi connectivity index (χ0) is 13.1. The Bertz CT molecular complexity index is 452. The maximum atomic E-state index is 8.96. The summed E-state index contributed by atoms with van der Waals surface area (Å²) in [7, 11) is 0. The lowest BCUT2D eigenvalue weighted by Crippen LogP contribution is -2.24. The van der Waals surface area contributed by atoms with E-state index in [2.05, 4.69) is 14.9 Å². The van der Waals surface area contributed by atoms with Crippen LogP contribution in [0.25, 0.3) is 0 Å². The van der Waals surface area contributed by atoms with Crippen molar-refractivity contribution in [2.24, 2.45) is 11.7 Å². The third-order valence-electron chi connectivity index (χ3n) is 3.20. The second-order valence-electron chi connectivity index (χ2n) is 4.67. The highest BCUT2D eigenvalue weighted by Crippen LogP contribution is 2.23. The smallest absolute Gasteiger partial charge is 0.226 e. The summed E-state index contributed by atoms with van der Waals surface area (Å²) in [5.74, 6) is 1.21. The Morgan fingerprint density at radius 1 is 1.61 bits per heavy atom. The number of anilines is 1. The van der Waals surface area contributed by atoms with Crippen molar-refractivity contribution in [2.75, 3.05) is 24.6 Å². The van der Waals surface area contributed by atoms with Crippen molar-refractivity contribution in [3.63, 3.8) is 0 Å². The number of nitrogens with two attached hydrogens (primary N) is 1. The van der Waals surface area contributed by atoms with E-state index in [0.717, 1.165) is 31.6 Å². The lowest BCUT2D eigenvalue weighted by Gasteiger charge is -2.17. The van der Waals surface area contributed by atoms with Crippen LogP contribution in [0.15, 0.2) is 6.07 Å². The van der Waals surface area contributed by atoms with Gasteiger partial charge in [0.15, 0.2) is 0 Å². The molecule has 1 aliphatic heterocycles. The molecule has 3 N–H and O–H groups in total. The quantitative estimate of drug-likeness (QED) is 0.779. The van der Waals surface area contributed by atoms with E-state index in [1.54, 1.807) is 6.07 Å². The van der Waals surface area contributed by atoms with Crippen molar-refractivity contribution in [3.8, 4) is 0 Å². The summed E-state index contributed by atoms with van der Waals surface area (Å²) in [4.78, 5) is 11.3. The van der Waals surface area contributed by atoms with Gasteiger partial charge >= 0.3 is 0 Å². The van der Waals surface area contributed by atoms with Gasteiger partial charge in [-0.25, -0.2) is 9.97 Å². The summed E-state index contributed by atoms with van der Waals surface area (Å²) < 4.78 is 0. The predicted octanol–water partition coefficient (Wildman–Crippen LogP) is 0.628. The summed E-state index contributed by atoms with van der Waals surface area (Å²) in [5.41, 5.74) is 7.11. The van der Waals surface area contributed by atoms with Gasteiger partial charge in [0.2, 0.25) is 5.95 Å². The molecule has 0 saturated carbocycles. The van der Waals surface area contributed by atoms with Crippen molar-refractivity contribution in [1.82, 2.24) is 9.97 Å². The van der Waals surface area contributed by atoms with Gasteiger partial charge in [0.05, 0.1) is 0 Å². The van der Waals surface area contributed by atoms with Crippen LogP contribution in [0.4, 0.5) is 5.95 Å². The minimum absolute atomic E-state index is 0.241. The molecule has 1 aromatic rings. The number of aliphatic hydroxyl groups excluding tert-OH is 1.